The third-order valence-corrected chi connectivity index (χ3v) is 2.84. The molecule has 0 spiro atoms. The molecule has 0 amide bonds. The molecule has 0 aliphatic carbocycles. The molecule has 0 radical (unpaired) electrons. The van der Waals surface area contributed by atoms with E-state index in [9.17, 15) is 5.11 Å². The van der Waals surface area contributed by atoms with E-state index in [1.54, 1.807) is 6.20 Å². The molecule has 0 fully saturated rings. The number of hydrogen-bond acceptors (Lipinski definition) is 2. The largest absolute Gasteiger partial charge is 0.394 e. The van der Waals surface area contributed by atoms with Crippen molar-refractivity contribution in [2.75, 3.05) is 6.61 Å². The van der Waals surface area contributed by atoms with Gasteiger partial charge in [-0.1, -0.05) is 6.92 Å². The van der Waals surface area contributed by atoms with E-state index in [0.29, 0.717) is 0 Å². The summed E-state index contributed by atoms with van der Waals surface area (Å²) in [5.41, 5.74) is 2.45. The van der Waals surface area contributed by atoms with Crippen molar-refractivity contribution in [2.45, 2.75) is 26.3 Å². The van der Waals surface area contributed by atoms with Crippen molar-refractivity contribution in [1.82, 2.24) is 9.55 Å². The van der Waals surface area contributed by atoms with Gasteiger partial charge in [0.25, 0.3) is 0 Å². The predicted molar refractivity (Wildman–Crippen MR) is 60.9 cm³/mol. The van der Waals surface area contributed by atoms with Gasteiger partial charge in [0, 0.05) is 24.0 Å². The molecule has 1 N–H and O–H groups in total. The number of hydrogen-bond donors (Lipinski definition) is 1. The number of pyridine rings is 1. The number of nitrogens with zero attached hydrogens (tertiary/aromatic N) is 2. The fourth-order valence-corrected chi connectivity index (χ4v) is 1.90. The number of aromatic nitrogens is 2. The van der Waals surface area contributed by atoms with Gasteiger partial charge >= 0.3 is 0 Å². The average Bonchev–Trinajstić information content (AvgIpc) is 2.67. The van der Waals surface area contributed by atoms with Crippen molar-refractivity contribution >= 4 is 10.9 Å². The smallest absolute Gasteiger partial charge is 0.0636 e. The Bertz CT molecular complexity index is 462. The number of aliphatic hydroxyl groups is 1. The van der Waals surface area contributed by atoms with Crippen LogP contribution in [0.2, 0.25) is 0 Å². The third kappa shape index (κ3) is 1.63. The minimum Gasteiger partial charge on any atom is -0.394 e. The number of aryl methyl sites for hydroxylation is 1. The van der Waals surface area contributed by atoms with Crippen LogP contribution >= 0.6 is 0 Å². The summed E-state index contributed by atoms with van der Waals surface area (Å²) in [6.07, 6.45) is 6.80. The number of fused-ring (bicyclic) bond motifs is 1. The first-order valence-electron chi connectivity index (χ1n) is 5.32. The van der Waals surface area contributed by atoms with Crippen molar-refractivity contribution in [3.63, 3.8) is 0 Å². The summed E-state index contributed by atoms with van der Waals surface area (Å²) < 4.78 is 2.12. The Morgan fingerprint density at radius 3 is 3.00 bits per heavy atom. The number of aliphatic hydroxyl groups excluding tert-OH is 1. The molecule has 3 heteroatoms. The molecule has 0 aromatic carbocycles. The Morgan fingerprint density at radius 2 is 2.33 bits per heavy atom. The molecule has 0 saturated heterocycles. The molecule has 2 aromatic rings. The van der Waals surface area contributed by atoms with E-state index in [1.165, 1.54) is 10.9 Å². The summed E-state index contributed by atoms with van der Waals surface area (Å²) in [4.78, 5) is 4.14. The first-order chi connectivity index (χ1) is 7.27. The van der Waals surface area contributed by atoms with Crippen LogP contribution in [0.4, 0.5) is 0 Å². The summed E-state index contributed by atoms with van der Waals surface area (Å²) in [7, 11) is 0. The summed E-state index contributed by atoms with van der Waals surface area (Å²) in [5, 5.41) is 10.4. The zero-order valence-corrected chi connectivity index (χ0v) is 9.14. The van der Waals surface area contributed by atoms with Gasteiger partial charge < -0.3 is 9.67 Å². The molecule has 0 bridgehead atoms. The maximum atomic E-state index is 9.19. The third-order valence-electron chi connectivity index (χ3n) is 2.84. The van der Waals surface area contributed by atoms with Crippen LogP contribution in [0.3, 0.4) is 0 Å². The van der Waals surface area contributed by atoms with E-state index in [-0.39, 0.29) is 12.6 Å². The van der Waals surface area contributed by atoms with Gasteiger partial charge in [-0.2, -0.15) is 0 Å². The Labute approximate surface area is 89.4 Å². The topological polar surface area (TPSA) is 38.0 Å². The highest BCUT2D eigenvalue weighted by Crippen LogP contribution is 2.23. The van der Waals surface area contributed by atoms with Crippen LogP contribution in [0, 0.1) is 0 Å². The Morgan fingerprint density at radius 1 is 1.53 bits per heavy atom. The minimum absolute atomic E-state index is 0.121. The zero-order valence-electron chi connectivity index (χ0n) is 9.14. The lowest BCUT2D eigenvalue weighted by Crippen LogP contribution is -2.07. The lowest BCUT2D eigenvalue weighted by molar-refractivity contribution is 0.241. The monoisotopic (exact) mass is 204 g/mol. The second kappa shape index (κ2) is 4.03. The van der Waals surface area contributed by atoms with Crippen molar-refractivity contribution in [1.29, 1.82) is 0 Å². The average molecular weight is 204 g/mol. The summed E-state index contributed by atoms with van der Waals surface area (Å²) >= 11 is 0. The molecular weight excluding hydrogens is 188 g/mol. The maximum absolute atomic E-state index is 9.19. The molecule has 0 saturated carbocycles. The van der Waals surface area contributed by atoms with Crippen LogP contribution in [0.5, 0.6) is 0 Å². The molecule has 15 heavy (non-hydrogen) atoms. The van der Waals surface area contributed by atoms with Gasteiger partial charge in [0.1, 0.15) is 0 Å². The molecule has 0 aliphatic heterocycles. The van der Waals surface area contributed by atoms with Gasteiger partial charge in [-0.15, -0.1) is 0 Å². The highest BCUT2D eigenvalue weighted by Gasteiger charge is 2.10. The highest BCUT2D eigenvalue weighted by atomic mass is 16.3. The molecule has 80 valence electrons. The van der Waals surface area contributed by atoms with Crippen LogP contribution in [0.25, 0.3) is 10.9 Å². The quantitative estimate of drug-likeness (QED) is 0.832. The van der Waals surface area contributed by atoms with E-state index >= 15 is 0 Å². The van der Waals surface area contributed by atoms with Crippen LogP contribution in [-0.2, 0) is 6.42 Å². The van der Waals surface area contributed by atoms with Crippen molar-refractivity contribution < 1.29 is 5.11 Å². The summed E-state index contributed by atoms with van der Waals surface area (Å²) in [5.74, 6) is 0. The van der Waals surface area contributed by atoms with Gasteiger partial charge in [0.15, 0.2) is 0 Å². The van der Waals surface area contributed by atoms with Crippen LogP contribution in [0.1, 0.15) is 25.5 Å². The van der Waals surface area contributed by atoms with Crippen LogP contribution in [-0.4, -0.2) is 21.3 Å². The second-order valence-electron chi connectivity index (χ2n) is 3.84. The first-order valence-corrected chi connectivity index (χ1v) is 5.32. The van der Waals surface area contributed by atoms with E-state index in [2.05, 4.69) is 22.7 Å². The lowest BCUT2D eigenvalue weighted by Gasteiger charge is -2.11. The van der Waals surface area contributed by atoms with Crippen molar-refractivity contribution in [3.05, 3.63) is 30.2 Å². The van der Waals surface area contributed by atoms with E-state index in [1.807, 2.05) is 19.2 Å². The summed E-state index contributed by atoms with van der Waals surface area (Å²) in [6.45, 7) is 4.31. The normalized spacial score (nSPS) is 13.3. The van der Waals surface area contributed by atoms with Gasteiger partial charge in [-0.3, -0.25) is 4.98 Å². The lowest BCUT2D eigenvalue weighted by atomic mass is 10.2. The summed E-state index contributed by atoms with van der Waals surface area (Å²) in [6, 6.07) is 2.12. The fraction of sp³-hybridized carbons (Fsp3) is 0.417. The molecule has 2 heterocycles. The SMILES string of the molecule is CCc1cn(C(C)CO)c2ccncc12. The second-order valence-corrected chi connectivity index (χ2v) is 3.84. The molecule has 3 nitrogen and oxygen atoms in total. The maximum Gasteiger partial charge on any atom is 0.0636 e. The van der Waals surface area contributed by atoms with Crippen molar-refractivity contribution in [3.8, 4) is 0 Å². The molecule has 1 unspecified atom stereocenters. The first kappa shape index (κ1) is 10.2. The predicted octanol–water partition coefficient (Wildman–Crippen LogP) is 2.15. The highest BCUT2D eigenvalue weighted by molar-refractivity contribution is 5.83. The van der Waals surface area contributed by atoms with Crippen molar-refractivity contribution in [2.24, 2.45) is 0 Å². The van der Waals surface area contributed by atoms with Gasteiger partial charge in [0.05, 0.1) is 18.2 Å². The molecular formula is C12H16N2O. The molecule has 0 aliphatic rings. The zero-order chi connectivity index (χ0) is 10.8. The van der Waals surface area contributed by atoms with E-state index < -0.39 is 0 Å². The van der Waals surface area contributed by atoms with E-state index in [0.717, 1.165) is 11.9 Å². The van der Waals surface area contributed by atoms with Gasteiger partial charge in [-0.25, -0.2) is 0 Å². The number of rotatable bonds is 3. The molecule has 2 aromatic heterocycles. The minimum atomic E-state index is 0.121. The Balaban J connectivity index is 2.65. The Kier molecular flexibility index (Phi) is 2.73. The molecule has 1 atom stereocenters. The van der Waals surface area contributed by atoms with Gasteiger partial charge in [-0.05, 0) is 25.0 Å². The van der Waals surface area contributed by atoms with E-state index in [4.69, 9.17) is 0 Å². The standard InChI is InChI=1S/C12H16N2O/c1-3-10-7-14(9(2)8-15)12-4-5-13-6-11(10)12/h4-7,9,15H,3,8H2,1-2H3. The fourth-order valence-electron chi connectivity index (χ4n) is 1.90. The van der Waals surface area contributed by atoms with Gasteiger partial charge in [0.2, 0.25) is 0 Å². The molecule has 2 rings (SSSR count). The Hall–Kier alpha value is -1.35. The van der Waals surface area contributed by atoms with Crippen LogP contribution in [0.15, 0.2) is 24.7 Å². The van der Waals surface area contributed by atoms with Crippen LogP contribution < -0.4 is 0 Å².